The van der Waals surface area contributed by atoms with Crippen LogP contribution in [0.2, 0.25) is 0 Å². The van der Waals surface area contributed by atoms with Crippen LogP contribution in [0, 0.1) is 0 Å². The van der Waals surface area contributed by atoms with E-state index in [0.717, 1.165) is 4.90 Å². The Bertz CT molecular complexity index is 704. The van der Waals surface area contributed by atoms with Crippen molar-refractivity contribution >= 4 is 35.0 Å². The van der Waals surface area contributed by atoms with Gasteiger partial charge in [0.2, 0.25) is 5.75 Å². The van der Waals surface area contributed by atoms with Crippen molar-refractivity contribution in [2.45, 2.75) is 0 Å². The van der Waals surface area contributed by atoms with Crippen LogP contribution in [0.25, 0.3) is 6.08 Å². The van der Waals surface area contributed by atoms with Gasteiger partial charge in [0.15, 0.2) is 11.5 Å². The molecule has 1 aromatic rings. The number of imide groups is 1. The predicted octanol–water partition coefficient (Wildman–Crippen LogP) is 1.62. The van der Waals surface area contributed by atoms with Gasteiger partial charge in [-0.3, -0.25) is 19.3 Å². The molecule has 1 heterocycles. The molecule has 0 unspecified atom stereocenters. The SMILES string of the molecule is COC(=O)CN1C(=O)S/C(=C\c2cc(OC)c(O)c(OC)c2)C1=O. The molecule has 0 spiro atoms. The number of hydrogen-bond acceptors (Lipinski definition) is 8. The highest BCUT2D eigenvalue weighted by molar-refractivity contribution is 8.18. The van der Waals surface area contributed by atoms with Gasteiger partial charge in [-0.15, -0.1) is 0 Å². The highest BCUT2D eigenvalue weighted by Crippen LogP contribution is 2.39. The van der Waals surface area contributed by atoms with Crippen LogP contribution in [0.5, 0.6) is 17.2 Å². The summed E-state index contributed by atoms with van der Waals surface area (Å²) in [5.74, 6) is -1.13. The fourth-order valence-electron chi connectivity index (χ4n) is 1.98. The lowest BCUT2D eigenvalue weighted by atomic mass is 10.1. The number of aromatic hydroxyl groups is 1. The number of methoxy groups -OCH3 is 3. The zero-order chi connectivity index (χ0) is 17.9. The molecule has 0 aromatic heterocycles. The number of nitrogens with zero attached hydrogens (tertiary/aromatic N) is 1. The summed E-state index contributed by atoms with van der Waals surface area (Å²) < 4.78 is 14.5. The van der Waals surface area contributed by atoms with Crippen LogP contribution in [0.1, 0.15) is 5.56 Å². The Hall–Kier alpha value is -2.68. The lowest BCUT2D eigenvalue weighted by molar-refractivity contribution is -0.143. The maximum Gasteiger partial charge on any atom is 0.325 e. The monoisotopic (exact) mass is 353 g/mol. The molecule has 9 heteroatoms. The maximum absolute atomic E-state index is 12.2. The van der Waals surface area contributed by atoms with Gasteiger partial charge in [-0.1, -0.05) is 0 Å². The number of hydrogen-bond donors (Lipinski definition) is 1. The van der Waals surface area contributed by atoms with Crippen molar-refractivity contribution in [1.29, 1.82) is 0 Å². The van der Waals surface area contributed by atoms with Gasteiger partial charge in [0.25, 0.3) is 11.1 Å². The first-order chi connectivity index (χ1) is 11.4. The summed E-state index contributed by atoms with van der Waals surface area (Å²) in [6.07, 6.45) is 1.45. The van der Waals surface area contributed by atoms with Crippen molar-refractivity contribution in [3.8, 4) is 17.2 Å². The van der Waals surface area contributed by atoms with Crippen LogP contribution >= 0.6 is 11.8 Å². The van der Waals surface area contributed by atoms with Crippen molar-refractivity contribution in [1.82, 2.24) is 4.90 Å². The number of thioether (sulfide) groups is 1. The van der Waals surface area contributed by atoms with Crippen molar-refractivity contribution in [2.75, 3.05) is 27.9 Å². The number of carbonyl (C=O) groups is 3. The summed E-state index contributed by atoms with van der Waals surface area (Å²) >= 11 is 0.707. The van der Waals surface area contributed by atoms with Crippen LogP contribution in [-0.2, 0) is 14.3 Å². The van der Waals surface area contributed by atoms with E-state index in [0.29, 0.717) is 17.3 Å². The molecule has 0 bridgehead atoms. The van der Waals surface area contributed by atoms with Gasteiger partial charge in [-0.25, -0.2) is 0 Å². The molecule has 24 heavy (non-hydrogen) atoms. The molecule has 2 rings (SSSR count). The molecule has 1 aliphatic rings. The summed E-state index contributed by atoms with van der Waals surface area (Å²) in [6, 6.07) is 2.98. The largest absolute Gasteiger partial charge is 0.502 e. The van der Waals surface area contributed by atoms with E-state index in [-0.39, 0.29) is 22.2 Å². The molecule has 128 valence electrons. The average molecular weight is 353 g/mol. The number of benzene rings is 1. The predicted molar refractivity (Wildman–Crippen MR) is 85.9 cm³/mol. The zero-order valence-electron chi connectivity index (χ0n) is 13.2. The van der Waals surface area contributed by atoms with Gasteiger partial charge in [0.05, 0.1) is 26.2 Å². The fourth-order valence-corrected chi connectivity index (χ4v) is 2.82. The summed E-state index contributed by atoms with van der Waals surface area (Å²) in [5.41, 5.74) is 0.491. The van der Waals surface area contributed by atoms with E-state index in [1.807, 2.05) is 0 Å². The van der Waals surface area contributed by atoms with Crippen LogP contribution in [0.15, 0.2) is 17.0 Å². The number of amides is 2. The quantitative estimate of drug-likeness (QED) is 0.629. The molecule has 2 amide bonds. The van der Waals surface area contributed by atoms with Crippen LogP contribution in [0.4, 0.5) is 4.79 Å². The van der Waals surface area contributed by atoms with E-state index in [1.54, 1.807) is 0 Å². The first-order valence-corrected chi connectivity index (χ1v) is 7.50. The summed E-state index contributed by atoms with van der Waals surface area (Å²) in [5, 5.41) is 9.32. The summed E-state index contributed by atoms with van der Waals surface area (Å²) in [6.45, 7) is -0.444. The first kappa shape index (κ1) is 17.7. The standard InChI is InChI=1S/C15H15NO7S/c1-21-9-4-8(5-10(22-2)13(9)18)6-11-14(19)16(15(20)24-11)7-12(17)23-3/h4-6,18H,7H2,1-3H3/b11-6-. The third-order valence-corrected chi connectivity index (χ3v) is 4.10. The molecule has 1 aromatic carbocycles. The van der Waals surface area contributed by atoms with E-state index < -0.39 is 23.7 Å². The number of phenolic OH excluding ortho intramolecular Hbond substituents is 1. The second-order valence-electron chi connectivity index (χ2n) is 4.62. The molecular weight excluding hydrogens is 338 g/mol. The number of carbonyl (C=O) groups excluding carboxylic acids is 3. The zero-order valence-corrected chi connectivity index (χ0v) is 14.0. The second kappa shape index (κ2) is 7.26. The maximum atomic E-state index is 12.2. The van der Waals surface area contributed by atoms with Gasteiger partial charge in [0.1, 0.15) is 6.54 Å². The van der Waals surface area contributed by atoms with Gasteiger partial charge in [-0.05, 0) is 35.5 Å². The van der Waals surface area contributed by atoms with Crippen molar-refractivity contribution < 1.29 is 33.7 Å². The van der Waals surface area contributed by atoms with Crippen molar-refractivity contribution in [3.63, 3.8) is 0 Å². The minimum atomic E-state index is -0.688. The van der Waals surface area contributed by atoms with Crippen LogP contribution in [0.3, 0.4) is 0 Å². The lowest BCUT2D eigenvalue weighted by Crippen LogP contribution is -2.34. The molecule has 1 fully saturated rings. The Labute approximate surface area is 142 Å². The number of phenols is 1. The fraction of sp³-hybridized carbons (Fsp3) is 0.267. The molecule has 1 N–H and O–H groups in total. The highest BCUT2D eigenvalue weighted by Gasteiger charge is 2.36. The van der Waals surface area contributed by atoms with Crippen LogP contribution in [-0.4, -0.2) is 55.0 Å². The molecule has 0 aliphatic carbocycles. The Morgan fingerprint density at radius 2 is 1.79 bits per heavy atom. The van der Waals surface area contributed by atoms with Gasteiger partial charge < -0.3 is 19.3 Å². The minimum absolute atomic E-state index is 0.138. The number of esters is 1. The summed E-state index contributed by atoms with van der Waals surface area (Å²) in [7, 11) is 3.93. The number of rotatable bonds is 5. The molecule has 1 aliphatic heterocycles. The molecule has 0 saturated carbocycles. The van der Waals surface area contributed by atoms with E-state index in [2.05, 4.69) is 4.74 Å². The minimum Gasteiger partial charge on any atom is -0.502 e. The first-order valence-electron chi connectivity index (χ1n) is 6.68. The average Bonchev–Trinajstić information content (AvgIpc) is 2.83. The normalized spacial score (nSPS) is 15.8. The van der Waals surface area contributed by atoms with Gasteiger partial charge >= 0.3 is 5.97 Å². The van der Waals surface area contributed by atoms with E-state index in [4.69, 9.17) is 9.47 Å². The van der Waals surface area contributed by atoms with Crippen molar-refractivity contribution in [3.05, 3.63) is 22.6 Å². The van der Waals surface area contributed by atoms with E-state index in [1.165, 1.54) is 39.5 Å². The van der Waals surface area contributed by atoms with E-state index >= 15 is 0 Å². The van der Waals surface area contributed by atoms with Crippen LogP contribution < -0.4 is 9.47 Å². The molecular formula is C15H15NO7S. The molecule has 1 saturated heterocycles. The smallest absolute Gasteiger partial charge is 0.325 e. The molecule has 8 nitrogen and oxygen atoms in total. The number of ether oxygens (including phenoxy) is 3. The highest BCUT2D eigenvalue weighted by atomic mass is 32.2. The topological polar surface area (TPSA) is 102 Å². The Morgan fingerprint density at radius 3 is 2.29 bits per heavy atom. The Morgan fingerprint density at radius 1 is 1.21 bits per heavy atom. The summed E-state index contributed by atoms with van der Waals surface area (Å²) in [4.78, 5) is 36.3. The third kappa shape index (κ3) is 3.46. The van der Waals surface area contributed by atoms with Gasteiger partial charge in [-0.2, -0.15) is 0 Å². The van der Waals surface area contributed by atoms with Gasteiger partial charge in [0, 0.05) is 0 Å². The third-order valence-electron chi connectivity index (χ3n) is 3.19. The second-order valence-corrected chi connectivity index (χ2v) is 5.61. The Kier molecular flexibility index (Phi) is 5.35. The van der Waals surface area contributed by atoms with Crippen molar-refractivity contribution in [2.24, 2.45) is 0 Å². The molecule has 0 radical (unpaired) electrons. The Balaban J connectivity index is 2.33. The molecule has 0 atom stereocenters. The van der Waals surface area contributed by atoms with E-state index in [9.17, 15) is 19.5 Å². The lowest BCUT2D eigenvalue weighted by Gasteiger charge is -2.10.